The van der Waals surface area contributed by atoms with Crippen molar-refractivity contribution < 1.29 is 19.8 Å². The summed E-state index contributed by atoms with van der Waals surface area (Å²) in [5.41, 5.74) is 5.86. The van der Waals surface area contributed by atoms with Crippen molar-refractivity contribution in [3.8, 4) is 11.5 Å². The van der Waals surface area contributed by atoms with Gasteiger partial charge in [-0.2, -0.15) is 5.10 Å². The molecule has 0 aliphatic carbocycles. The van der Waals surface area contributed by atoms with Gasteiger partial charge < -0.3 is 15.1 Å². The summed E-state index contributed by atoms with van der Waals surface area (Å²) in [5.74, 6) is -0.919. The highest BCUT2D eigenvalue weighted by atomic mass is 16.3. The van der Waals surface area contributed by atoms with Gasteiger partial charge in [0.1, 0.15) is 0 Å². The van der Waals surface area contributed by atoms with Gasteiger partial charge in [0.05, 0.1) is 18.4 Å². The zero-order valence-corrected chi connectivity index (χ0v) is 17.4. The van der Waals surface area contributed by atoms with Crippen LogP contribution in [0.5, 0.6) is 11.5 Å². The fraction of sp³-hybridized carbons (Fsp3) is 0.0385. The number of aromatic hydroxyl groups is 2. The third-order valence-electron chi connectivity index (χ3n) is 5.59. The van der Waals surface area contributed by atoms with Crippen LogP contribution in [-0.4, -0.2) is 28.2 Å². The summed E-state index contributed by atoms with van der Waals surface area (Å²) >= 11 is 0. The van der Waals surface area contributed by atoms with E-state index < -0.39 is 5.91 Å². The van der Waals surface area contributed by atoms with Gasteiger partial charge in [-0.25, -0.2) is 5.43 Å². The van der Waals surface area contributed by atoms with Crippen LogP contribution in [0.25, 0.3) is 10.8 Å². The molecule has 0 spiro atoms. The van der Waals surface area contributed by atoms with Gasteiger partial charge in [0.25, 0.3) is 11.8 Å². The van der Waals surface area contributed by atoms with Crippen LogP contribution in [-0.2, 0) is 6.54 Å². The number of rotatable bonds is 5. The smallest absolute Gasteiger partial charge is 0.271 e. The first-order chi connectivity index (χ1) is 16.0. The quantitative estimate of drug-likeness (QED) is 0.248. The second-order valence-corrected chi connectivity index (χ2v) is 7.72. The Hall–Kier alpha value is -4.65. The van der Waals surface area contributed by atoms with Gasteiger partial charge in [-0.3, -0.25) is 9.59 Å². The minimum atomic E-state index is -0.393. The van der Waals surface area contributed by atoms with Crippen molar-refractivity contribution in [3.63, 3.8) is 0 Å². The zero-order chi connectivity index (χ0) is 22.9. The molecule has 0 unspecified atom stereocenters. The van der Waals surface area contributed by atoms with Crippen molar-refractivity contribution >= 4 is 34.5 Å². The lowest BCUT2D eigenvalue weighted by Crippen LogP contribution is -2.26. The molecule has 0 atom stereocenters. The highest BCUT2D eigenvalue weighted by molar-refractivity contribution is 6.24. The summed E-state index contributed by atoms with van der Waals surface area (Å²) in [4.78, 5) is 27.1. The predicted molar refractivity (Wildman–Crippen MR) is 126 cm³/mol. The number of benzene rings is 4. The number of phenols is 2. The lowest BCUT2D eigenvalue weighted by molar-refractivity contribution is 0.0953. The van der Waals surface area contributed by atoms with Gasteiger partial charge in [0.15, 0.2) is 11.5 Å². The Morgan fingerprint density at radius 2 is 1.70 bits per heavy atom. The lowest BCUT2D eigenvalue weighted by Gasteiger charge is -2.18. The number of carbonyl (C=O) groups excluding carboxylic acids is 2. The minimum Gasteiger partial charge on any atom is -0.504 e. The highest BCUT2D eigenvalue weighted by Gasteiger charge is 2.29. The molecule has 33 heavy (non-hydrogen) atoms. The topological polar surface area (TPSA) is 102 Å². The molecule has 7 heteroatoms. The Kier molecular flexibility index (Phi) is 4.99. The fourth-order valence-electron chi connectivity index (χ4n) is 3.93. The predicted octanol–water partition coefficient (Wildman–Crippen LogP) is 4.18. The van der Waals surface area contributed by atoms with Crippen molar-refractivity contribution in [1.82, 2.24) is 5.43 Å². The summed E-state index contributed by atoms with van der Waals surface area (Å²) in [6.45, 7) is 0.400. The van der Waals surface area contributed by atoms with Crippen molar-refractivity contribution in [1.29, 1.82) is 0 Å². The Morgan fingerprint density at radius 1 is 0.939 bits per heavy atom. The molecule has 5 rings (SSSR count). The molecule has 0 radical (unpaired) electrons. The molecule has 1 heterocycles. The van der Waals surface area contributed by atoms with E-state index in [2.05, 4.69) is 10.5 Å². The average Bonchev–Trinajstić information content (AvgIpc) is 3.10. The molecule has 0 aromatic heterocycles. The first kappa shape index (κ1) is 20.3. The number of hydrazone groups is 1. The maximum absolute atomic E-state index is 12.9. The molecule has 0 saturated carbocycles. The largest absolute Gasteiger partial charge is 0.504 e. The van der Waals surface area contributed by atoms with Gasteiger partial charge in [-0.15, -0.1) is 0 Å². The molecule has 1 aliphatic heterocycles. The standard InChI is InChI=1S/C26H19N3O4/c30-22-12-9-17(13-23(22)31)14-27-28-25(32)19-10-7-16(8-11-19)15-29-21-6-2-4-18-3-1-5-20(24(18)21)26(29)33/h1-14,30-31H,15H2,(H,28,32). The van der Waals surface area contributed by atoms with Crippen LogP contribution in [0, 0.1) is 0 Å². The Bertz CT molecular complexity index is 1420. The van der Waals surface area contributed by atoms with Gasteiger partial charge in [-0.05, 0) is 59.0 Å². The fourth-order valence-corrected chi connectivity index (χ4v) is 3.93. The minimum absolute atomic E-state index is 0.0294. The molecule has 4 aromatic rings. The van der Waals surface area contributed by atoms with E-state index in [1.807, 2.05) is 48.5 Å². The van der Waals surface area contributed by atoms with E-state index in [0.717, 1.165) is 22.0 Å². The van der Waals surface area contributed by atoms with E-state index in [1.165, 1.54) is 18.3 Å². The van der Waals surface area contributed by atoms with E-state index >= 15 is 0 Å². The lowest BCUT2D eigenvalue weighted by atomic mass is 10.1. The second-order valence-electron chi connectivity index (χ2n) is 7.72. The van der Waals surface area contributed by atoms with E-state index in [9.17, 15) is 19.8 Å². The van der Waals surface area contributed by atoms with E-state index in [4.69, 9.17) is 0 Å². The molecule has 3 N–H and O–H groups in total. The zero-order valence-electron chi connectivity index (χ0n) is 17.4. The van der Waals surface area contributed by atoms with E-state index in [-0.39, 0.29) is 17.4 Å². The molecule has 1 aliphatic rings. The van der Waals surface area contributed by atoms with Crippen molar-refractivity contribution in [2.45, 2.75) is 6.54 Å². The van der Waals surface area contributed by atoms with Crippen LogP contribution < -0.4 is 10.3 Å². The molecule has 162 valence electrons. The molecule has 0 saturated heterocycles. The van der Waals surface area contributed by atoms with Crippen LogP contribution in [0.2, 0.25) is 0 Å². The Labute approximate surface area is 189 Å². The third-order valence-corrected chi connectivity index (χ3v) is 5.59. The molecular formula is C26H19N3O4. The van der Waals surface area contributed by atoms with E-state index in [0.29, 0.717) is 23.2 Å². The molecule has 4 aromatic carbocycles. The third kappa shape index (κ3) is 3.76. The number of anilines is 1. The number of phenolic OH excluding ortho intramolecular Hbond substituents is 2. The molecule has 7 nitrogen and oxygen atoms in total. The highest BCUT2D eigenvalue weighted by Crippen LogP contribution is 2.38. The number of nitrogens with zero attached hydrogens (tertiary/aromatic N) is 2. The maximum atomic E-state index is 12.9. The monoisotopic (exact) mass is 437 g/mol. The first-order valence-electron chi connectivity index (χ1n) is 10.3. The number of hydrogen-bond acceptors (Lipinski definition) is 5. The van der Waals surface area contributed by atoms with Gasteiger partial charge in [0.2, 0.25) is 0 Å². The van der Waals surface area contributed by atoms with Crippen molar-refractivity contribution in [2.75, 3.05) is 4.90 Å². The first-order valence-corrected chi connectivity index (χ1v) is 10.3. The van der Waals surface area contributed by atoms with E-state index in [1.54, 1.807) is 23.1 Å². The SMILES string of the molecule is O=C(NN=Cc1ccc(O)c(O)c1)c1ccc(CN2C(=O)c3cccc4cccc2c34)cc1. The van der Waals surface area contributed by atoms with Gasteiger partial charge in [0, 0.05) is 16.5 Å². The number of carbonyl (C=O) groups is 2. The van der Waals surface area contributed by atoms with Crippen LogP contribution in [0.3, 0.4) is 0 Å². The summed E-state index contributed by atoms with van der Waals surface area (Å²) < 4.78 is 0. The Morgan fingerprint density at radius 3 is 2.45 bits per heavy atom. The summed E-state index contributed by atoms with van der Waals surface area (Å²) in [6.07, 6.45) is 1.36. The average molecular weight is 437 g/mol. The summed E-state index contributed by atoms with van der Waals surface area (Å²) in [7, 11) is 0. The number of amides is 2. The van der Waals surface area contributed by atoms with Crippen LogP contribution in [0.15, 0.2) is 84.0 Å². The molecule has 0 bridgehead atoms. The van der Waals surface area contributed by atoms with Crippen molar-refractivity contribution in [2.24, 2.45) is 5.10 Å². The molecular weight excluding hydrogens is 418 g/mol. The van der Waals surface area contributed by atoms with Gasteiger partial charge >= 0.3 is 0 Å². The van der Waals surface area contributed by atoms with Crippen LogP contribution in [0.4, 0.5) is 5.69 Å². The second kappa shape index (κ2) is 8.12. The molecule has 2 amide bonds. The Balaban J connectivity index is 1.27. The van der Waals surface area contributed by atoms with Gasteiger partial charge in [-0.1, -0.05) is 36.4 Å². The van der Waals surface area contributed by atoms with Crippen LogP contribution in [0.1, 0.15) is 31.8 Å². The number of hydrogen-bond donors (Lipinski definition) is 3. The van der Waals surface area contributed by atoms with Crippen LogP contribution >= 0.6 is 0 Å². The normalized spacial score (nSPS) is 12.6. The summed E-state index contributed by atoms with van der Waals surface area (Å²) in [6, 6.07) is 22.8. The summed E-state index contributed by atoms with van der Waals surface area (Å²) in [5, 5.41) is 24.7. The van der Waals surface area contributed by atoms with Crippen molar-refractivity contribution in [3.05, 3.63) is 101 Å². The molecule has 0 fully saturated rings. The number of nitrogens with one attached hydrogen (secondary N) is 1. The maximum Gasteiger partial charge on any atom is 0.271 e.